The van der Waals surface area contributed by atoms with Crippen LogP contribution in [0.5, 0.6) is 5.75 Å². The molecule has 1 saturated carbocycles. The number of nitrogens with zero attached hydrogens (tertiary/aromatic N) is 1. The van der Waals surface area contributed by atoms with E-state index in [0.717, 1.165) is 43.9 Å². The van der Waals surface area contributed by atoms with E-state index in [9.17, 15) is 4.79 Å². The third-order valence-corrected chi connectivity index (χ3v) is 3.92. The van der Waals surface area contributed by atoms with Crippen LogP contribution in [0, 0.1) is 0 Å². The van der Waals surface area contributed by atoms with Gasteiger partial charge in [-0.05, 0) is 50.2 Å². The zero-order valence-electron chi connectivity index (χ0n) is 13.7. The first kappa shape index (κ1) is 22.0. The number of carbonyl (C=O) groups is 1. The maximum atomic E-state index is 11.8. The van der Waals surface area contributed by atoms with Crippen molar-refractivity contribution in [3.63, 3.8) is 0 Å². The minimum atomic E-state index is -0.640. The Balaban J connectivity index is 0.00000242. The van der Waals surface area contributed by atoms with E-state index in [4.69, 9.17) is 10.5 Å². The zero-order chi connectivity index (χ0) is 15.3. The van der Waals surface area contributed by atoms with E-state index < -0.39 is 5.54 Å². The molecule has 0 unspecified atom stereocenters. The average Bonchev–Trinajstić information content (AvgIpc) is 3.25. The summed E-state index contributed by atoms with van der Waals surface area (Å²) in [6.07, 6.45) is 1.54. The first-order chi connectivity index (χ1) is 10.1. The molecular formula is C16H27Cl2N3O2. The standard InChI is InChI=1S/C16H25N3O2.2ClH/c1-3-19(4-2)11-12-21-14-7-5-13(6-8-14)18-15(20)16(17)9-10-16;;/h5-8H,3-4,9-12,17H2,1-2H3,(H,18,20);2*1H. The van der Waals surface area contributed by atoms with E-state index in [-0.39, 0.29) is 30.7 Å². The predicted octanol–water partition coefficient (Wildman–Crippen LogP) is 2.68. The predicted molar refractivity (Wildman–Crippen MR) is 99.0 cm³/mol. The van der Waals surface area contributed by atoms with Gasteiger partial charge in [0.05, 0.1) is 5.54 Å². The Morgan fingerprint density at radius 1 is 1.22 bits per heavy atom. The molecule has 0 bridgehead atoms. The minimum Gasteiger partial charge on any atom is -0.492 e. The molecule has 0 heterocycles. The Morgan fingerprint density at radius 3 is 2.26 bits per heavy atom. The number of hydrogen-bond donors (Lipinski definition) is 2. The van der Waals surface area contributed by atoms with Gasteiger partial charge in [-0.1, -0.05) is 13.8 Å². The largest absolute Gasteiger partial charge is 0.492 e. The average molecular weight is 364 g/mol. The molecule has 0 spiro atoms. The van der Waals surface area contributed by atoms with Crippen molar-refractivity contribution in [1.29, 1.82) is 0 Å². The second-order valence-corrected chi connectivity index (χ2v) is 5.51. The van der Waals surface area contributed by atoms with Crippen LogP contribution in [-0.4, -0.2) is 42.6 Å². The van der Waals surface area contributed by atoms with Gasteiger partial charge in [0.15, 0.2) is 0 Å². The lowest BCUT2D eigenvalue weighted by Crippen LogP contribution is -2.37. The molecule has 1 aliphatic rings. The molecule has 0 aromatic heterocycles. The fourth-order valence-corrected chi connectivity index (χ4v) is 2.08. The van der Waals surface area contributed by atoms with Crippen LogP contribution in [0.15, 0.2) is 24.3 Å². The van der Waals surface area contributed by atoms with Crippen molar-refractivity contribution in [3.05, 3.63) is 24.3 Å². The number of carbonyl (C=O) groups excluding carboxylic acids is 1. The number of ether oxygens (including phenoxy) is 1. The van der Waals surface area contributed by atoms with E-state index in [1.54, 1.807) is 0 Å². The molecule has 1 amide bonds. The van der Waals surface area contributed by atoms with Crippen LogP contribution in [0.4, 0.5) is 5.69 Å². The molecule has 0 radical (unpaired) electrons. The number of nitrogens with two attached hydrogens (primary N) is 1. The number of likely N-dealkylation sites (N-methyl/N-ethyl adjacent to an activating group) is 1. The van der Waals surface area contributed by atoms with Crippen LogP contribution in [0.1, 0.15) is 26.7 Å². The summed E-state index contributed by atoms with van der Waals surface area (Å²) in [7, 11) is 0. The number of nitrogens with one attached hydrogen (secondary N) is 1. The molecule has 7 heteroatoms. The summed E-state index contributed by atoms with van der Waals surface area (Å²) >= 11 is 0. The van der Waals surface area contributed by atoms with Gasteiger partial charge in [0.1, 0.15) is 12.4 Å². The molecule has 1 aromatic carbocycles. The first-order valence-electron chi connectivity index (χ1n) is 7.63. The van der Waals surface area contributed by atoms with E-state index in [2.05, 4.69) is 24.1 Å². The van der Waals surface area contributed by atoms with E-state index in [1.807, 2.05) is 24.3 Å². The molecule has 23 heavy (non-hydrogen) atoms. The van der Waals surface area contributed by atoms with Crippen LogP contribution in [-0.2, 0) is 4.79 Å². The highest BCUT2D eigenvalue weighted by molar-refractivity contribution is 6.00. The quantitative estimate of drug-likeness (QED) is 0.744. The van der Waals surface area contributed by atoms with Gasteiger partial charge in [-0.25, -0.2) is 0 Å². The van der Waals surface area contributed by atoms with Crippen molar-refractivity contribution in [3.8, 4) is 5.75 Å². The van der Waals surface area contributed by atoms with E-state index >= 15 is 0 Å². The fourth-order valence-electron chi connectivity index (χ4n) is 2.08. The topological polar surface area (TPSA) is 67.6 Å². The second kappa shape index (κ2) is 9.98. The molecule has 132 valence electrons. The van der Waals surface area contributed by atoms with Crippen LogP contribution in [0.2, 0.25) is 0 Å². The highest BCUT2D eigenvalue weighted by Gasteiger charge is 2.45. The van der Waals surface area contributed by atoms with Gasteiger partial charge in [-0.2, -0.15) is 0 Å². The number of halogens is 2. The molecule has 0 atom stereocenters. The smallest absolute Gasteiger partial charge is 0.244 e. The maximum Gasteiger partial charge on any atom is 0.244 e. The van der Waals surface area contributed by atoms with Crippen molar-refractivity contribution in [1.82, 2.24) is 4.90 Å². The minimum absolute atomic E-state index is 0. The normalized spacial score (nSPS) is 14.4. The summed E-state index contributed by atoms with van der Waals surface area (Å²) in [6.45, 7) is 7.94. The first-order valence-corrected chi connectivity index (χ1v) is 7.63. The van der Waals surface area contributed by atoms with Gasteiger partial charge in [0, 0.05) is 12.2 Å². The molecule has 3 N–H and O–H groups in total. The van der Waals surface area contributed by atoms with Crippen LogP contribution < -0.4 is 15.8 Å². The Morgan fingerprint density at radius 2 is 1.78 bits per heavy atom. The Bertz CT molecular complexity index is 475. The molecule has 0 saturated heterocycles. The van der Waals surface area contributed by atoms with Crippen LogP contribution >= 0.6 is 24.8 Å². The van der Waals surface area contributed by atoms with Crippen molar-refractivity contribution < 1.29 is 9.53 Å². The number of hydrogen-bond acceptors (Lipinski definition) is 4. The summed E-state index contributed by atoms with van der Waals surface area (Å²) < 4.78 is 5.70. The second-order valence-electron chi connectivity index (χ2n) is 5.51. The maximum absolute atomic E-state index is 11.8. The van der Waals surface area contributed by atoms with Gasteiger partial charge >= 0.3 is 0 Å². The molecule has 0 aliphatic heterocycles. The number of anilines is 1. The van der Waals surface area contributed by atoms with Crippen LogP contribution in [0.25, 0.3) is 0 Å². The Labute approximate surface area is 150 Å². The van der Waals surface area contributed by atoms with Crippen LogP contribution in [0.3, 0.4) is 0 Å². The van der Waals surface area contributed by atoms with Crippen molar-refractivity contribution >= 4 is 36.4 Å². The molecule has 1 aliphatic carbocycles. The van der Waals surface area contributed by atoms with E-state index in [1.165, 1.54) is 0 Å². The lowest BCUT2D eigenvalue weighted by molar-refractivity contribution is -0.118. The molecule has 1 fully saturated rings. The molecule has 5 nitrogen and oxygen atoms in total. The van der Waals surface area contributed by atoms with Gasteiger partial charge in [-0.15, -0.1) is 24.8 Å². The van der Waals surface area contributed by atoms with Gasteiger partial charge in [-0.3, -0.25) is 4.79 Å². The highest BCUT2D eigenvalue weighted by atomic mass is 35.5. The summed E-state index contributed by atoms with van der Waals surface area (Å²) in [5, 5.41) is 2.84. The van der Waals surface area contributed by atoms with Gasteiger partial charge < -0.3 is 20.7 Å². The third-order valence-electron chi connectivity index (χ3n) is 3.92. The third kappa shape index (κ3) is 6.55. The van der Waals surface area contributed by atoms with Crippen molar-refractivity contribution in [2.45, 2.75) is 32.2 Å². The lowest BCUT2D eigenvalue weighted by atomic mass is 10.2. The van der Waals surface area contributed by atoms with Crippen molar-refractivity contribution in [2.75, 3.05) is 31.6 Å². The highest BCUT2D eigenvalue weighted by Crippen LogP contribution is 2.33. The molecular weight excluding hydrogens is 337 g/mol. The summed E-state index contributed by atoms with van der Waals surface area (Å²) in [5.74, 6) is 0.715. The number of benzene rings is 1. The van der Waals surface area contributed by atoms with Gasteiger partial charge in [0.25, 0.3) is 0 Å². The summed E-state index contributed by atoms with van der Waals surface area (Å²) in [6, 6.07) is 7.43. The Kier molecular flexibility index (Phi) is 9.54. The zero-order valence-corrected chi connectivity index (χ0v) is 15.3. The SMILES string of the molecule is CCN(CC)CCOc1ccc(NC(=O)C2(N)CC2)cc1.Cl.Cl. The molecule has 1 aromatic rings. The number of amides is 1. The fraction of sp³-hybridized carbons (Fsp3) is 0.562. The van der Waals surface area contributed by atoms with Gasteiger partial charge in [0.2, 0.25) is 5.91 Å². The summed E-state index contributed by atoms with van der Waals surface area (Å²) in [4.78, 5) is 14.1. The Hall–Kier alpha value is -1.01. The summed E-state index contributed by atoms with van der Waals surface area (Å²) in [5.41, 5.74) is 5.96. The molecule has 2 rings (SSSR count). The van der Waals surface area contributed by atoms with Crippen molar-refractivity contribution in [2.24, 2.45) is 5.73 Å². The van der Waals surface area contributed by atoms with E-state index in [0.29, 0.717) is 6.61 Å². The number of rotatable bonds is 8. The lowest BCUT2D eigenvalue weighted by Gasteiger charge is -2.18. The monoisotopic (exact) mass is 363 g/mol.